The summed E-state index contributed by atoms with van der Waals surface area (Å²) in [5.74, 6) is -2.89. The Bertz CT molecular complexity index is 1060. The highest BCUT2D eigenvalue weighted by atomic mass is 32.2. The normalized spacial score (nSPS) is 11.6. The molecule has 0 aliphatic heterocycles. The molecule has 0 aliphatic rings. The first-order valence-electron chi connectivity index (χ1n) is 8.30. The number of alkyl halides is 3. The van der Waals surface area contributed by atoms with Crippen molar-refractivity contribution in [1.82, 2.24) is 14.8 Å². The first kappa shape index (κ1) is 20.7. The smallest absolute Gasteiger partial charge is 0.451 e. The lowest BCUT2D eigenvalue weighted by Gasteiger charge is -2.07. The molecule has 1 aromatic carbocycles. The van der Waals surface area contributed by atoms with Crippen LogP contribution in [0.3, 0.4) is 0 Å². The lowest BCUT2D eigenvalue weighted by Crippen LogP contribution is -2.17. The van der Waals surface area contributed by atoms with E-state index in [-0.39, 0.29) is 29.0 Å². The van der Waals surface area contributed by atoms with Crippen LogP contribution in [0.4, 0.5) is 18.9 Å². The lowest BCUT2D eigenvalue weighted by molar-refractivity contribution is -0.147. The fraction of sp³-hybridized carbons (Fsp3) is 0.294. The zero-order valence-corrected chi connectivity index (χ0v) is 16.1. The van der Waals surface area contributed by atoms with Crippen molar-refractivity contribution >= 4 is 40.3 Å². The Morgan fingerprint density at radius 3 is 2.66 bits per heavy atom. The maximum Gasteiger partial charge on any atom is 0.451 e. The van der Waals surface area contributed by atoms with Gasteiger partial charge in [0, 0.05) is 12.4 Å². The van der Waals surface area contributed by atoms with Crippen molar-refractivity contribution in [3.63, 3.8) is 0 Å². The van der Waals surface area contributed by atoms with Gasteiger partial charge in [-0.3, -0.25) is 4.79 Å². The van der Waals surface area contributed by atoms with E-state index < -0.39 is 23.9 Å². The second-order valence-electron chi connectivity index (χ2n) is 5.72. The third kappa shape index (κ3) is 4.36. The summed E-state index contributed by atoms with van der Waals surface area (Å²) >= 11 is 0.774. The minimum Gasteiger partial charge on any atom is -0.460 e. The molecule has 0 aliphatic carbocycles. The SMILES string of the molecule is CCOC(=O)c1oc2ccccc2c1NC(=O)CSc1nnc(C(F)(F)F)n1C. The van der Waals surface area contributed by atoms with Crippen molar-refractivity contribution in [3.8, 4) is 0 Å². The van der Waals surface area contributed by atoms with Crippen molar-refractivity contribution in [3.05, 3.63) is 35.9 Å². The van der Waals surface area contributed by atoms with Gasteiger partial charge in [0.1, 0.15) is 11.3 Å². The summed E-state index contributed by atoms with van der Waals surface area (Å²) < 4.78 is 49.5. The molecule has 0 fully saturated rings. The van der Waals surface area contributed by atoms with E-state index in [2.05, 4.69) is 15.5 Å². The van der Waals surface area contributed by atoms with Crippen molar-refractivity contribution in [1.29, 1.82) is 0 Å². The average molecular weight is 428 g/mol. The van der Waals surface area contributed by atoms with Crippen LogP contribution in [0.2, 0.25) is 0 Å². The van der Waals surface area contributed by atoms with Gasteiger partial charge >= 0.3 is 12.1 Å². The Kier molecular flexibility index (Phi) is 5.82. The minimum atomic E-state index is -4.65. The number of benzene rings is 1. The van der Waals surface area contributed by atoms with Gasteiger partial charge in [0.2, 0.25) is 17.5 Å². The van der Waals surface area contributed by atoms with E-state index >= 15 is 0 Å². The van der Waals surface area contributed by atoms with Crippen molar-refractivity contribution in [2.45, 2.75) is 18.3 Å². The Labute approximate surface area is 166 Å². The van der Waals surface area contributed by atoms with Crippen LogP contribution >= 0.6 is 11.8 Å². The van der Waals surface area contributed by atoms with E-state index in [1.54, 1.807) is 31.2 Å². The predicted molar refractivity (Wildman–Crippen MR) is 97.5 cm³/mol. The summed E-state index contributed by atoms with van der Waals surface area (Å²) in [7, 11) is 1.16. The van der Waals surface area contributed by atoms with Crippen LogP contribution in [0.15, 0.2) is 33.8 Å². The van der Waals surface area contributed by atoms with Gasteiger partial charge in [-0.1, -0.05) is 23.9 Å². The Morgan fingerprint density at radius 2 is 2.00 bits per heavy atom. The average Bonchev–Trinajstić information content (AvgIpc) is 3.21. The number of carbonyl (C=O) groups is 2. The second kappa shape index (κ2) is 8.15. The Balaban J connectivity index is 1.77. The number of fused-ring (bicyclic) bond motifs is 1. The molecule has 0 radical (unpaired) electrons. The number of esters is 1. The van der Waals surface area contributed by atoms with E-state index in [9.17, 15) is 22.8 Å². The number of hydrogen-bond acceptors (Lipinski definition) is 7. The van der Waals surface area contributed by atoms with Crippen LogP contribution in [0, 0.1) is 0 Å². The molecule has 0 bridgehead atoms. The molecular weight excluding hydrogens is 413 g/mol. The van der Waals surface area contributed by atoms with Gasteiger partial charge in [0.05, 0.1) is 12.4 Å². The molecule has 154 valence electrons. The number of ether oxygens (including phenoxy) is 1. The summed E-state index contributed by atoms with van der Waals surface area (Å²) in [6.45, 7) is 1.75. The summed E-state index contributed by atoms with van der Waals surface area (Å²) in [5, 5.41) is 9.54. The van der Waals surface area contributed by atoms with E-state index in [1.165, 1.54) is 0 Å². The quantitative estimate of drug-likeness (QED) is 0.474. The highest BCUT2D eigenvalue weighted by Gasteiger charge is 2.37. The zero-order chi connectivity index (χ0) is 21.2. The van der Waals surface area contributed by atoms with Crippen LogP contribution in [0.1, 0.15) is 23.3 Å². The molecule has 8 nitrogen and oxygen atoms in total. The zero-order valence-electron chi connectivity index (χ0n) is 15.2. The summed E-state index contributed by atoms with van der Waals surface area (Å²) in [6, 6.07) is 6.69. The fourth-order valence-electron chi connectivity index (χ4n) is 2.50. The summed E-state index contributed by atoms with van der Waals surface area (Å²) in [5.41, 5.74) is 0.514. The number of carbonyl (C=O) groups excluding carboxylic acids is 2. The highest BCUT2D eigenvalue weighted by molar-refractivity contribution is 7.99. The number of halogens is 3. The molecule has 3 aromatic rings. The molecule has 12 heteroatoms. The molecule has 2 heterocycles. The number of amides is 1. The van der Waals surface area contributed by atoms with Gasteiger partial charge in [0.25, 0.3) is 0 Å². The minimum absolute atomic E-state index is 0.0739. The molecule has 0 spiro atoms. The van der Waals surface area contributed by atoms with Crippen LogP contribution < -0.4 is 5.32 Å². The molecule has 1 N–H and O–H groups in total. The van der Waals surface area contributed by atoms with Crippen LogP contribution in [-0.2, 0) is 22.8 Å². The fourth-order valence-corrected chi connectivity index (χ4v) is 3.21. The molecule has 0 saturated carbocycles. The maximum absolute atomic E-state index is 12.8. The molecule has 29 heavy (non-hydrogen) atoms. The first-order valence-corrected chi connectivity index (χ1v) is 9.28. The van der Waals surface area contributed by atoms with Crippen molar-refractivity contribution in [2.24, 2.45) is 7.05 Å². The first-order chi connectivity index (χ1) is 13.7. The third-order valence-corrected chi connectivity index (χ3v) is 4.76. The largest absolute Gasteiger partial charge is 0.460 e. The van der Waals surface area contributed by atoms with Crippen LogP contribution in [-0.4, -0.2) is 39.0 Å². The molecule has 1 amide bonds. The molecular formula is C17H15F3N4O4S. The van der Waals surface area contributed by atoms with Gasteiger partial charge in [0.15, 0.2) is 5.16 Å². The third-order valence-electron chi connectivity index (χ3n) is 3.74. The van der Waals surface area contributed by atoms with Crippen LogP contribution in [0.25, 0.3) is 11.0 Å². The lowest BCUT2D eigenvalue weighted by atomic mass is 10.2. The van der Waals surface area contributed by atoms with E-state index in [0.717, 1.165) is 23.4 Å². The number of furan rings is 1. The van der Waals surface area contributed by atoms with E-state index in [1.807, 2.05) is 0 Å². The number of rotatable bonds is 6. The summed E-state index contributed by atoms with van der Waals surface area (Å²) in [6.07, 6.45) is -4.65. The van der Waals surface area contributed by atoms with Crippen LogP contribution in [0.5, 0.6) is 0 Å². The number of aromatic nitrogens is 3. The molecule has 3 rings (SSSR count). The van der Waals surface area contributed by atoms with Gasteiger partial charge in [-0.15, -0.1) is 10.2 Å². The van der Waals surface area contributed by atoms with Gasteiger partial charge in [-0.05, 0) is 19.1 Å². The number of hydrogen-bond donors (Lipinski definition) is 1. The van der Waals surface area contributed by atoms with Gasteiger partial charge < -0.3 is 19.0 Å². The van der Waals surface area contributed by atoms with E-state index in [4.69, 9.17) is 9.15 Å². The Morgan fingerprint density at radius 1 is 1.28 bits per heavy atom. The topological polar surface area (TPSA) is 99.2 Å². The maximum atomic E-state index is 12.8. The number of nitrogens with one attached hydrogen (secondary N) is 1. The molecule has 0 saturated heterocycles. The van der Waals surface area contributed by atoms with Gasteiger partial charge in [-0.25, -0.2) is 4.79 Å². The molecule has 0 unspecified atom stereocenters. The van der Waals surface area contributed by atoms with E-state index in [0.29, 0.717) is 11.0 Å². The number of thioether (sulfide) groups is 1. The van der Waals surface area contributed by atoms with Crippen molar-refractivity contribution in [2.75, 3.05) is 17.7 Å². The van der Waals surface area contributed by atoms with Crippen molar-refractivity contribution < 1.29 is 31.9 Å². The van der Waals surface area contributed by atoms with Gasteiger partial charge in [-0.2, -0.15) is 13.2 Å². The monoisotopic (exact) mass is 428 g/mol. The molecule has 0 atom stereocenters. The summed E-state index contributed by atoms with van der Waals surface area (Å²) in [4.78, 5) is 24.5. The standard InChI is InChI=1S/C17H15F3N4O4S/c1-3-27-14(26)13-12(9-6-4-5-7-10(9)28-13)21-11(25)8-29-16-23-22-15(24(16)2)17(18,19)20/h4-7H,3,8H2,1-2H3,(H,21,25). The second-order valence-corrected chi connectivity index (χ2v) is 6.67. The predicted octanol–water partition coefficient (Wildman–Crippen LogP) is 3.49. The highest BCUT2D eigenvalue weighted by Crippen LogP contribution is 2.32. The molecule has 2 aromatic heterocycles. The number of para-hydroxylation sites is 1. The Hall–Kier alpha value is -3.02. The number of nitrogens with zero attached hydrogens (tertiary/aromatic N) is 3. The number of anilines is 1.